The highest BCUT2D eigenvalue weighted by molar-refractivity contribution is 7.10. The van der Waals surface area contributed by atoms with Crippen LogP contribution in [0.4, 0.5) is 4.79 Å². The lowest BCUT2D eigenvalue weighted by Crippen LogP contribution is -2.48. The second-order valence-corrected chi connectivity index (χ2v) is 6.98. The highest BCUT2D eigenvalue weighted by Crippen LogP contribution is 2.31. The molecule has 2 N–H and O–H groups in total. The Bertz CT molecular complexity index is 621. The zero-order valence-electron chi connectivity index (χ0n) is 13.8. The van der Waals surface area contributed by atoms with Gasteiger partial charge in [0.2, 0.25) is 0 Å². The van der Waals surface area contributed by atoms with Crippen molar-refractivity contribution in [1.82, 2.24) is 15.5 Å². The molecule has 0 bridgehead atoms. The number of carbonyl (C=O) groups is 2. The number of ether oxygens (including phenoxy) is 1. The molecule has 0 aromatic carbocycles. The summed E-state index contributed by atoms with van der Waals surface area (Å²) in [4.78, 5) is 27.9. The number of esters is 1. The zero-order valence-corrected chi connectivity index (χ0v) is 14.7. The average molecular weight is 349 g/mol. The molecule has 0 spiro atoms. The number of carbonyl (C=O) groups excluding carboxylic acids is 2. The quantitative estimate of drug-likeness (QED) is 0.801. The summed E-state index contributed by atoms with van der Waals surface area (Å²) in [5, 5.41) is 7.64. The number of hydrogen-bond acceptors (Lipinski definition) is 5. The van der Waals surface area contributed by atoms with Gasteiger partial charge in [-0.1, -0.05) is 12.5 Å². The fraction of sp³-hybridized carbons (Fsp3) is 0.529. The molecule has 0 unspecified atom stereocenters. The van der Waals surface area contributed by atoms with E-state index in [1.165, 1.54) is 17.8 Å². The van der Waals surface area contributed by atoms with E-state index in [1.807, 2.05) is 17.5 Å². The van der Waals surface area contributed by atoms with Crippen LogP contribution in [0.25, 0.3) is 0 Å². The first-order valence-electron chi connectivity index (χ1n) is 8.42. The van der Waals surface area contributed by atoms with Gasteiger partial charge in [0, 0.05) is 17.1 Å². The molecule has 1 saturated heterocycles. The summed E-state index contributed by atoms with van der Waals surface area (Å²) >= 11 is 1.52. The van der Waals surface area contributed by atoms with Crippen LogP contribution in [0.3, 0.4) is 0 Å². The van der Waals surface area contributed by atoms with Crippen molar-refractivity contribution in [3.63, 3.8) is 0 Å². The van der Waals surface area contributed by atoms with Crippen LogP contribution in [-0.2, 0) is 9.53 Å². The van der Waals surface area contributed by atoms with Crippen molar-refractivity contribution < 1.29 is 14.3 Å². The highest BCUT2D eigenvalue weighted by atomic mass is 32.1. The summed E-state index contributed by atoms with van der Waals surface area (Å²) in [6.45, 7) is 4.66. The number of nitrogens with one attached hydrogen (secondary N) is 2. The molecule has 2 aliphatic rings. The number of urea groups is 1. The van der Waals surface area contributed by atoms with Gasteiger partial charge >= 0.3 is 12.0 Å². The van der Waals surface area contributed by atoms with Gasteiger partial charge in [0.1, 0.15) is 0 Å². The summed E-state index contributed by atoms with van der Waals surface area (Å²) in [6, 6.07) is 3.13. The van der Waals surface area contributed by atoms with Gasteiger partial charge in [0.15, 0.2) is 0 Å². The molecule has 3 heterocycles. The van der Waals surface area contributed by atoms with E-state index in [2.05, 4.69) is 15.5 Å². The van der Waals surface area contributed by atoms with Crippen LogP contribution in [0.15, 0.2) is 28.8 Å². The van der Waals surface area contributed by atoms with Crippen molar-refractivity contribution >= 4 is 23.3 Å². The van der Waals surface area contributed by atoms with E-state index in [1.54, 1.807) is 6.92 Å². The number of nitrogens with zero attached hydrogens (tertiary/aromatic N) is 1. The Balaban J connectivity index is 1.93. The second kappa shape index (κ2) is 7.81. The third kappa shape index (κ3) is 3.79. The number of hydrogen-bond donors (Lipinski definition) is 2. The summed E-state index contributed by atoms with van der Waals surface area (Å²) < 4.78 is 5.26. The minimum absolute atomic E-state index is 0.270. The first kappa shape index (κ1) is 17.0. The van der Waals surface area contributed by atoms with E-state index >= 15 is 0 Å². The standard InChI is InChI=1S/C17H23N3O3S/c1-2-23-16(21)14-12(11-20-8-4-3-5-9-20)18-17(22)19-15(14)13-7-6-10-24-13/h6-7,10,15H,2-5,8-9,11H2,1H3,(H2,18,19,22)/t15-/m1/s1. The monoisotopic (exact) mass is 349 g/mol. The molecule has 24 heavy (non-hydrogen) atoms. The maximum absolute atomic E-state index is 12.6. The van der Waals surface area contributed by atoms with Crippen molar-refractivity contribution in [2.75, 3.05) is 26.2 Å². The van der Waals surface area contributed by atoms with Gasteiger partial charge in [-0.25, -0.2) is 9.59 Å². The van der Waals surface area contributed by atoms with Crippen LogP contribution in [0.5, 0.6) is 0 Å². The maximum Gasteiger partial charge on any atom is 0.338 e. The van der Waals surface area contributed by atoms with Gasteiger partial charge in [-0.15, -0.1) is 11.3 Å². The van der Waals surface area contributed by atoms with E-state index in [0.29, 0.717) is 24.4 Å². The Kier molecular flexibility index (Phi) is 5.52. The molecule has 1 atom stereocenters. The Morgan fingerprint density at radius 3 is 2.83 bits per heavy atom. The highest BCUT2D eigenvalue weighted by Gasteiger charge is 2.34. The molecule has 3 rings (SSSR count). The number of piperidine rings is 1. The predicted molar refractivity (Wildman–Crippen MR) is 92.7 cm³/mol. The van der Waals surface area contributed by atoms with Gasteiger partial charge in [-0.2, -0.15) is 0 Å². The Morgan fingerprint density at radius 2 is 2.17 bits per heavy atom. The minimum Gasteiger partial charge on any atom is -0.463 e. The lowest BCUT2D eigenvalue weighted by atomic mass is 10.00. The Labute approximate surface area is 145 Å². The lowest BCUT2D eigenvalue weighted by molar-refractivity contribution is -0.139. The largest absolute Gasteiger partial charge is 0.463 e. The lowest BCUT2D eigenvalue weighted by Gasteiger charge is -2.33. The molecule has 6 nitrogen and oxygen atoms in total. The van der Waals surface area contributed by atoms with E-state index < -0.39 is 6.04 Å². The van der Waals surface area contributed by atoms with E-state index in [9.17, 15) is 9.59 Å². The number of amides is 2. The molecule has 130 valence electrons. The van der Waals surface area contributed by atoms with Gasteiger partial charge in [-0.3, -0.25) is 4.90 Å². The summed E-state index contributed by atoms with van der Waals surface area (Å²) in [7, 11) is 0. The Hall–Kier alpha value is -1.86. The fourth-order valence-electron chi connectivity index (χ4n) is 3.20. The topological polar surface area (TPSA) is 70.7 Å². The third-order valence-electron chi connectivity index (χ3n) is 4.31. The van der Waals surface area contributed by atoms with Crippen LogP contribution in [-0.4, -0.2) is 43.1 Å². The minimum atomic E-state index is -0.447. The number of rotatable bonds is 5. The van der Waals surface area contributed by atoms with Crippen LogP contribution in [0.2, 0.25) is 0 Å². The third-order valence-corrected chi connectivity index (χ3v) is 5.24. The molecule has 1 aromatic rings. The fourth-order valence-corrected chi connectivity index (χ4v) is 3.99. The molecule has 1 aromatic heterocycles. The van der Waals surface area contributed by atoms with Crippen LogP contribution >= 0.6 is 11.3 Å². The molecule has 2 aliphatic heterocycles. The summed E-state index contributed by atoms with van der Waals surface area (Å²) in [5.74, 6) is -0.365. The first-order chi connectivity index (χ1) is 11.7. The van der Waals surface area contributed by atoms with Crippen LogP contribution in [0, 0.1) is 0 Å². The maximum atomic E-state index is 12.6. The van der Waals surface area contributed by atoms with E-state index in [0.717, 1.165) is 30.8 Å². The molecular weight excluding hydrogens is 326 g/mol. The van der Waals surface area contributed by atoms with Gasteiger partial charge in [-0.05, 0) is 44.3 Å². The Morgan fingerprint density at radius 1 is 1.38 bits per heavy atom. The van der Waals surface area contributed by atoms with Gasteiger partial charge < -0.3 is 15.4 Å². The molecule has 0 radical (unpaired) electrons. The molecule has 2 amide bonds. The van der Waals surface area contributed by atoms with Gasteiger partial charge in [0.05, 0.1) is 18.2 Å². The SMILES string of the molecule is CCOC(=O)C1=C(CN2CCCCC2)NC(=O)N[C@@H]1c1cccs1. The van der Waals surface area contributed by atoms with E-state index in [4.69, 9.17) is 4.74 Å². The van der Waals surface area contributed by atoms with Crippen molar-refractivity contribution in [2.24, 2.45) is 0 Å². The second-order valence-electron chi connectivity index (χ2n) is 6.00. The number of likely N-dealkylation sites (tertiary alicyclic amines) is 1. The zero-order chi connectivity index (χ0) is 16.9. The average Bonchev–Trinajstić information content (AvgIpc) is 3.10. The number of thiophene rings is 1. The van der Waals surface area contributed by atoms with Crippen molar-refractivity contribution in [3.05, 3.63) is 33.7 Å². The van der Waals surface area contributed by atoms with Gasteiger partial charge in [0.25, 0.3) is 0 Å². The summed E-state index contributed by atoms with van der Waals surface area (Å²) in [5.41, 5.74) is 1.18. The predicted octanol–water partition coefficient (Wildman–Crippen LogP) is 2.41. The van der Waals surface area contributed by atoms with Crippen molar-refractivity contribution in [1.29, 1.82) is 0 Å². The van der Waals surface area contributed by atoms with Crippen molar-refractivity contribution in [2.45, 2.75) is 32.2 Å². The smallest absolute Gasteiger partial charge is 0.338 e. The van der Waals surface area contributed by atoms with Crippen LogP contribution in [0.1, 0.15) is 37.1 Å². The molecule has 0 aliphatic carbocycles. The van der Waals surface area contributed by atoms with Crippen LogP contribution < -0.4 is 10.6 Å². The van der Waals surface area contributed by atoms with E-state index in [-0.39, 0.29) is 12.0 Å². The molecule has 7 heteroatoms. The van der Waals surface area contributed by atoms with Crippen molar-refractivity contribution in [3.8, 4) is 0 Å². The summed E-state index contributed by atoms with van der Waals surface area (Å²) in [6.07, 6.45) is 3.55. The molecule has 0 saturated carbocycles. The first-order valence-corrected chi connectivity index (χ1v) is 9.30. The normalized spacial score (nSPS) is 22.0. The molecule has 1 fully saturated rings. The molecular formula is C17H23N3O3S.